The van der Waals surface area contributed by atoms with E-state index in [1.807, 2.05) is 121 Å². The molecule has 374 valence electrons. The minimum absolute atomic E-state index is 0.0593. The van der Waals surface area contributed by atoms with E-state index in [1.54, 1.807) is 0 Å². The predicted molar refractivity (Wildman–Crippen MR) is 308 cm³/mol. The van der Waals surface area contributed by atoms with E-state index in [0.717, 1.165) is 100 Å². The molecule has 2 aliphatic heterocycles. The highest BCUT2D eigenvalue weighted by molar-refractivity contribution is 6.00. The van der Waals surface area contributed by atoms with Gasteiger partial charge >= 0.3 is 5.97 Å². The van der Waals surface area contributed by atoms with E-state index in [-0.39, 0.29) is 17.8 Å². The molecule has 7 heterocycles. The van der Waals surface area contributed by atoms with E-state index in [4.69, 9.17) is 14.4 Å². The zero-order chi connectivity index (χ0) is 52.4. The molecule has 0 spiro atoms. The van der Waals surface area contributed by atoms with Crippen LogP contribution in [0.2, 0.25) is 0 Å². The maximum atomic E-state index is 11.6. The van der Waals surface area contributed by atoms with Crippen molar-refractivity contribution in [2.24, 2.45) is 0 Å². The Kier molecular flexibility index (Phi) is 12.2. The van der Waals surface area contributed by atoms with Crippen molar-refractivity contribution >= 4 is 81.6 Å². The Bertz CT molecular complexity index is 4230. The summed E-state index contributed by atoms with van der Waals surface area (Å²) in [6.07, 6.45) is 8.35. The molecule has 6 aromatic carbocycles. The number of H-pyrrole nitrogens is 2. The van der Waals surface area contributed by atoms with Crippen molar-refractivity contribution in [2.45, 2.75) is 0 Å². The summed E-state index contributed by atoms with van der Waals surface area (Å²) in [6.45, 7) is -0.405. The van der Waals surface area contributed by atoms with Gasteiger partial charge in [0, 0.05) is 66.8 Å². The monoisotopic (exact) mass is 1020 g/mol. The normalized spacial score (nSPS) is 11.6. The second kappa shape index (κ2) is 20.3. The standard InChI is InChI=1S/C63H44N12O3/c76-54(77)37-64-61-71-62(73-63(72-61)66-45-27-23-43(24-28-45)60-75-74-59(78-60)42-19-11-4-12-20-42)65-44-25-21-41(22-26-44)58-52-35-33-50(69-52)56(39-15-7-2-8-16-39)48-31-29-46(67-48)55(38-13-5-1-6-14-38)47-30-32-49(68-47)57(40-17-9-3-10-18-40)51-34-36-53(58)70-51/h1-36,67,70H,37H2,(H,76,77)(H3,64,65,66,71,72,73). The predicted octanol–water partition coefficient (Wildman–Crippen LogP) is 14.2. The van der Waals surface area contributed by atoms with Crippen LogP contribution in [-0.2, 0) is 4.79 Å². The van der Waals surface area contributed by atoms with Crippen LogP contribution in [0.25, 0.3) is 114 Å². The number of fused-ring (bicyclic) bond motifs is 8. The third-order valence-electron chi connectivity index (χ3n) is 13.2. The van der Waals surface area contributed by atoms with Gasteiger partial charge in [0.25, 0.3) is 0 Å². The van der Waals surface area contributed by atoms with Crippen LogP contribution in [0.3, 0.4) is 0 Å². The highest BCUT2D eigenvalue weighted by atomic mass is 16.4. The van der Waals surface area contributed by atoms with E-state index < -0.39 is 12.5 Å². The second-order valence-corrected chi connectivity index (χ2v) is 18.3. The van der Waals surface area contributed by atoms with Gasteiger partial charge in [-0.05, 0) is 119 Å². The molecule has 6 N–H and O–H groups in total. The zero-order valence-corrected chi connectivity index (χ0v) is 41.4. The molecule has 0 atom stereocenters. The number of rotatable bonds is 13. The van der Waals surface area contributed by atoms with Gasteiger partial charge in [-0.25, -0.2) is 9.97 Å². The van der Waals surface area contributed by atoms with Crippen molar-refractivity contribution in [3.05, 3.63) is 217 Å². The van der Waals surface area contributed by atoms with Gasteiger partial charge in [0.1, 0.15) is 6.54 Å². The third kappa shape index (κ3) is 9.53. The van der Waals surface area contributed by atoms with E-state index in [1.165, 1.54) is 0 Å². The fraction of sp³-hybridized carbons (Fsp3) is 0.0159. The Balaban J connectivity index is 0.899. The molecule has 15 heteroatoms. The number of aromatic amines is 2. The van der Waals surface area contributed by atoms with Crippen molar-refractivity contribution in [1.29, 1.82) is 0 Å². The van der Waals surface area contributed by atoms with Crippen molar-refractivity contribution < 1.29 is 14.3 Å². The van der Waals surface area contributed by atoms with Crippen molar-refractivity contribution in [2.75, 3.05) is 22.5 Å². The Morgan fingerprint density at radius 1 is 0.385 bits per heavy atom. The lowest BCUT2D eigenvalue weighted by Gasteiger charge is -2.12. The highest BCUT2D eigenvalue weighted by Crippen LogP contribution is 2.39. The lowest BCUT2D eigenvalue weighted by atomic mass is 10.0. The van der Waals surface area contributed by atoms with E-state index in [2.05, 4.69) is 148 Å². The first-order chi connectivity index (χ1) is 38.4. The molecule has 13 rings (SSSR count). The van der Waals surface area contributed by atoms with Crippen LogP contribution in [0.1, 0.15) is 22.8 Å². The largest absolute Gasteiger partial charge is 0.480 e. The number of benzene rings is 6. The van der Waals surface area contributed by atoms with Crippen LogP contribution in [0, 0.1) is 0 Å². The van der Waals surface area contributed by atoms with Crippen molar-refractivity contribution in [3.8, 4) is 67.4 Å². The maximum Gasteiger partial charge on any atom is 0.322 e. The number of nitrogens with zero attached hydrogens (tertiary/aromatic N) is 7. The number of carboxylic acids is 1. The smallest absolute Gasteiger partial charge is 0.322 e. The molecule has 0 saturated carbocycles. The minimum atomic E-state index is -1.07. The van der Waals surface area contributed by atoms with Gasteiger partial charge < -0.3 is 35.4 Å². The van der Waals surface area contributed by atoms with Crippen LogP contribution in [0.15, 0.2) is 199 Å². The molecule has 5 aromatic heterocycles. The molecular formula is C63H44N12O3. The van der Waals surface area contributed by atoms with Gasteiger partial charge in [0.15, 0.2) is 0 Å². The number of aromatic nitrogens is 9. The van der Waals surface area contributed by atoms with Gasteiger partial charge in [0.2, 0.25) is 29.6 Å². The summed E-state index contributed by atoms with van der Waals surface area (Å²) in [5.41, 5.74) is 17.4. The third-order valence-corrected chi connectivity index (χ3v) is 13.2. The fourth-order valence-corrected chi connectivity index (χ4v) is 9.67. The maximum absolute atomic E-state index is 11.6. The SMILES string of the molecule is O=C(O)CNc1nc(Nc2ccc(-c3nnc(-c4ccccc4)o3)cc2)nc(Nc2ccc(-c3c4nc(c(-c5ccccc5)c5ccc([nH]5)c(-c5ccccc5)c5nc(c(-c6ccccc6)c6ccc3[nH]6)C=C5)C=C4)cc2)n1. The number of carbonyl (C=O) groups is 1. The Morgan fingerprint density at radius 3 is 1.08 bits per heavy atom. The van der Waals surface area contributed by atoms with Crippen molar-refractivity contribution in [1.82, 2.24) is 45.1 Å². The average molecular weight is 1020 g/mol. The molecular weight excluding hydrogens is 973 g/mol. The van der Waals surface area contributed by atoms with E-state index in [9.17, 15) is 9.90 Å². The molecule has 0 aliphatic carbocycles. The summed E-state index contributed by atoms with van der Waals surface area (Å²) >= 11 is 0. The molecule has 0 radical (unpaired) electrons. The Hall–Kier alpha value is -11.1. The summed E-state index contributed by atoms with van der Waals surface area (Å²) in [6, 6.07) is 64.3. The highest BCUT2D eigenvalue weighted by Gasteiger charge is 2.20. The summed E-state index contributed by atoms with van der Waals surface area (Å²) in [4.78, 5) is 43.8. The Labute approximate surface area is 445 Å². The first-order valence-electron chi connectivity index (χ1n) is 25.1. The quantitative estimate of drug-likeness (QED) is 0.0636. The molecule has 8 bridgehead atoms. The molecule has 0 amide bonds. The molecule has 11 aromatic rings. The zero-order valence-electron chi connectivity index (χ0n) is 41.4. The number of aliphatic carboxylic acids is 1. The summed E-state index contributed by atoms with van der Waals surface area (Å²) in [7, 11) is 0. The molecule has 15 nitrogen and oxygen atoms in total. The Morgan fingerprint density at radius 2 is 0.705 bits per heavy atom. The number of hydrogen-bond donors (Lipinski definition) is 6. The minimum Gasteiger partial charge on any atom is -0.480 e. The van der Waals surface area contributed by atoms with Gasteiger partial charge in [0.05, 0.1) is 22.8 Å². The summed E-state index contributed by atoms with van der Waals surface area (Å²) in [5.74, 6) is 0.130. The number of carboxylic acid groups (broad SMARTS) is 1. The first kappa shape index (κ1) is 46.7. The van der Waals surface area contributed by atoms with Crippen LogP contribution in [-0.4, -0.2) is 62.7 Å². The average Bonchev–Trinajstić information content (AvgIpc) is 4.47. The second-order valence-electron chi connectivity index (χ2n) is 18.3. The van der Waals surface area contributed by atoms with E-state index in [0.29, 0.717) is 23.2 Å². The van der Waals surface area contributed by atoms with Gasteiger partial charge in [-0.3, -0.25) is 4.79 Å². The van der Waals surface area contributed by atoms with E-state index >= 15 is 0 Å². The van der Waals surface area contributed by atoms with Gasteiger partial charge in [-0.2, -0.15) is 15.0 Å². The van der Waals surface area contributed by atoms with Gasteiger partial charge in [-0.1, -0.05) is 121 Å². The molecule has 0 saturated heterocycles. The number of hydrogen-bond acceptors (Lipinski definition) is 12. The topological polar surface area (TPSA) is 208 Å². The summed E-state index contributed by atoms with van der Waals surface area (Å²) in [5, 5.41) is 27.3. The lowest BCUT2D eigenvalue weighted by Crippen LogP contribution is -2.16. The van der Waals surface area contributed by atoms with Crippen LogP contribution in [0.5, 0.6) is 0 Å². The number of nitrogens with one attached hydrogen (secondary N) is 5. The molecule has 78 heavy (non-hydrogen) atoms. The van der Waals surface area contributed by atoms with Gasteiger partial charge in [-0.15, -0.1) is 10.2 Å². The fourth-order valence-electron chi connectivity index (χ4n) is 9.67. The first-order valence-corrected chi connectivity index (χ1v) is 25.1. The van der Waals surface area contributed by atoms with Crippen LogP contribution in [0.4, 0.5) is 29.2 Å². The number of anilines is 5. The van der Waals surface area contributed by atoms with Crippen molar-refractivity contribution in [3.63, 3.8) is 0 Å². The molecule has 2 aliphatic rings. The lowest BCUT2D eigenvalue weighted by molar-refractivity contribution is -0.134. The van der Waals surface area contributed by atoms with Crippen LogP contribution >= 0.6 is 0 Å². The summed E-state index contributed by atoms with van der Waals surface area (Å²) < 4.78 is 5.95. The molecule has 0 unspecified atom stereocenters. The molecule has 0 fully saturated rings. The van der Waals surface area contributed by atoms with Crippen LogP contribution < -0.4 is 16.0 Å².